The molecule has 0 saturated heterocycles. The predicted octanol–water partition coefficient (Wildman–Crippen LogP) is 5.61. The Morgan fingerprint density at radius 3 is 2.35 bits per heavy atom. The summed E-state index contributed by atoms with van der Waals surface area (Å²) in [5, 5.41) is 7.06. The SMILES string of the molecule is O=C(/C=C/c1cn(-c2ccccc2)nc1-c1ccc(F)cc1)Nc1ccc(F)c(F)c1. The first kappa shape index (κ1) is 20.2. The van der Waals surface area contributed by atoms with Gasteiger partial charge in [0.1, 0.15) is 5.82 Å². The Hall–Kier alpha value is -4.13. The topological polar surface area (TPSA) is 46.9 Å². The number of carbonyl (C=O) groups excluding carboxylic acids is 1. The third-order valence-electron chi connectivity index (χ3n) is 4.48. The molecule has 4 rings (SSSR count). The third kappa shape index (κ3) is 4.72. The molecule has 0 unspecified atom stereocenters. The first-order chi connectivity index (χ1) is 15.0. The molecule has 31 heavy (non-hydrogen) atoms. The number of aromatic nitrogens is 2. The van der Waals surface area contributed by atoms with Crippen molar-refractivity contribution >= 4 is 17.7 Å². The van der Waals surface area contributed by atoms with E-state index in [9.17, 15) is 18.0 Å². The highest BCUT2D eigenvalue weighted by Crippen LogP contribution is 2.25. The van der Waals surface area contributed by atoms with Crippen LogP contribution in [0.2, 0.25) is 0 Å². The van der Waals surface area contributed by atoms with Crippen LogP contribution >= 0.6 is 0 Å². The summed E-state index contributed by atoms with van der Waals surface area (Å²) >= 11 is 0. The van der Waals surface area contributed by atoms with Crippen LogP contribution in [0.1, 0.15) is 5.56 Å². The maximum absolute atomic E-state index is 13.3. The van der Waals surface area contributed by atoms with Crippen LogP contribution in [0.25, 0.3) is 23.0 Å². The molecule has 0 aliphatic rings. The van der Waals surface area contributed by atoms with Gasteiger partial charge in [-0.15, -0.1) is 0 Å². The number of rotatable bonds is 5. The van der Waals surface area contributed by atoms with Gasteiger partial charge in [-0.25, -0.2) is 17.9 Å². The van der Waals surface area contributed by atoms with Gasteiger partial charge in [-0.05, 0) is 54.6 Å². The van der Waals surface area contributed by atoms with Gasteiger partial charge < -0.3 is 5.32 Å². The Morgan fingerprint density at radius 1 is 0.903 bits per heavy atom. The zero-order chi connectivity index (χ0) is 21.8. The molecule has 3 aromatic carbocycles. The zero-order valence-corrected chi connectivity index (χ0v) is 16.1. The van der Waals surface area contributed by atoms with Gasteiger partial charge >= 0.3 is 0 Å². The van der Waals surface area contributed by atoms with Crippen molar-refractivity contribution in [2.45, 2.75) is 0 Å². The molecule has 0 spiro atoms. The summed E-state index contributed by atoms with van der Waals surface area (Å²) in [6.45, 7) is 0. The van der Waals surface area contributed by atoms with E-state index in [1.807, 2.05) is 30.3 Å². The minimum Gasteiger partial charge on any atom is -0.322 e. The summed E-state index contributed by atoms with van der Waals surface area (Å²) in [5.74, 6) is -2.94. The lowest BCUT2D eigenvalue weighted by Gasteiger charge is -2.02. The largest absolute Gasteiger partial charge is 0.322 e. The molecule has 0 aliphatic heterocycles. The molecule has 0 fully saturated rings. The molecule has 7 heteroatoms. The fraction of sp³-hybridized carbons (Fsp3) is 0. The zero-order valence-electron chi connectivity index (χ0n) is 16.1. The number of para-hydroxylation sites is 1. The molecule has 1 amide bonds. The van der Waals surface area contributed by atoms with Crippen LogP contribution in [0, 0.1) is 17.5 Å². The number of hydrogen-bond acceptors (Lipinski definition) is 2. The Morgan fingerprint density at radius 2 is 1.65 bits per heavy atom. The van der Waals surface area contributed by atoms with Gasteiger partial charge in [-0.2, -0.15) is 5.10 Å². The number of amides is 1. The van der Waals surface area contributed by atoms with E-state index in [2.05, 4.69) is 10.4 Å². The Labute approximate surface area is 176 Å². The Kier molecular flexibility index (Phi) is 5.66. The highest BCUT2D eigenvalue weighted by Gasteiger charge is 2.11. The van der Waals surface area contributed by atoms with E-state index in [-0.39, 0.29) is 11.5 Å². The monoisotopic (exact) mass is 419 g/mol. The van der Waals surface area contributed by atoms with E-state index in [0.717, 1.165) is 17.8 Å². The lowest BCUT2D eigenvalue weighted by Crippen LogP contribution is -2.08. The maximum atomic E-state index is 13.3. The van der Waals surface area contributed by atoms with Crippen LogP contribution in [-0.4, -0.2) is 15.7 Å². The van der Waals surface area contributed by atoms with Crippen LogP contribution < -0.4 is 5.32 Å². The molecule has 0 saturated carbocycles. The highest BCUT2D eigenvalue weighted by molar-refractivity contribution is 6.02. The molecule has 4 aromatic rings. The van der Waals surface area contributed by atoms with Gasteiger partial charge in [0.15, 0.2) is 11.6 Å². The molecule has 0 atom stereocenters. The molecule has 1 aromatic heterocycles. The van der Waals surface area contributed by atoms with Crippen molar-refractivity contribution in [1.82, 2.24) is 9.78 Å². The van der Waals surface area contributed by atoms with E-state index >= 15 is 0 Å². The second-order valence-electron chi connectivity index (χ2n) is 6.67. The summed E-state index contributed by atoms with van der Waals surface area (Å²) in [5.41, 5.74) is 2.80. The van der Waals surface area contributed by atoms with Gasteiger partial charge in [-0.3, -0.25) is 4.79 Å². The van der Waals surface area contributed by atoms with Crippen molar-refractivity contribution in [3.8, 4) is 16.9 Å². The molecule has 154 valence electrons. The molecular weight excluding hydrogens is 403 g/mol. The second-order valence-corrected chi connectivity index (χ2v) is 6.67. The summed E-state index contributed by atoms with van der Waals surface area (Å²) in [4.78, 5) is 12.3. The summed E-state index contributed by atoms with van der Waals surface area (Å²) in [6.07, 6.45) is 4.57. The van der Waals surface area contributed by atoms with E-state index in [1.54, 1.807) is 29.1 Å². The summed E-state index contributed by atoms with van der Waals surface area (Å²) in [6, 6.07) is 18.4. The van der Waals surface area contributed by atoms with Crippen molar-refractivity contribution in [3.05, 3.63) is 108 Å². The second kappa shape index (κ2) is 8.71. The van der Waals surface area contributed by atoms with Crippen LogP contribution in [0.5, 0.6) is 0 Å². The smallest absolute Gasteiger partial charge is 0.248 e. The van der Waals surface area contributed by atoms with Crippen molar-refractivity contribution < 1.29 is 18.0 Å². The molecule has 0 aliphatic carbocycles. The van der Waals surface area contributed by atoms with Crippen LogP contribution in [-0.2, 0) is 4.79 Å². The maximum Gasteiger partial charge on any atom is 0.248 e. The molecule has 1 N–H and O–H groups in total. The Bertz CT molecular complexity index is 1250. The Balaban J connectivity index is 1.64. The first-order valence-electron chi connectivity index (χ1n) is 9.35. The average Bonchev–Trinajstić information content (AvgIpc) is 3.20. The van der Waals surface area contributed by atoms with Crippen molar-refractivity contribution in [1.29, 1.82) is 0 Å². The number of halogens is 3. The molecule has 0 radical (unpaired) electrons. The quantitative estimate of drug-likeness (QED) is 0.428. The van der Waals surface area contributed by atoms with Gasteiger partial charge in [0, 0.05) is 35.2 Å². The predicted molar refractivity (Wildman–Crippen MR) is 113 cm³/mol. The number of benzene rings is 3. The molecule has 0 bridgehead atoms. The van der Waals surface area contributed by atoms with Crippen LogP contribution in [0.15, 0.2) is 85.1 Å². The van der Waals surface area contributed by atoms with Crippen LogP contribution in [0.3, 0.4) is 0 Å². The standard InChI is InChI=1S/C24H16F3N3O/c25-18-9-6-16(7-10-18)24-17(15-30(29-24)20-4-2-1-3-5-20)8-13-23(31)28-19-11-12-21(26)22(27)14-19/h1-15H,(H,28,31)/b13-8+. The summed E-state index contributed by atoms with van der Waals surface area (Å²) < 4.78 is 41.4. The molecule has 4 nitrogen and oxygen atoms in total. The van der Waals surface area contributed by atoms with E-state index in [1.165, 1.54) is 24.3 Å². The fourth-order valence-electron chi connectivity index (χ4n) is 2.98. The van der Waals surface area contributed by atoms with Crippen LogP contribution in [0.4, 0.5) is 18.9 Å². The van der Waals surface area contributed by atoms with Gasteiger partial charge in [0.2, 0.25) is 5.91 Å². The normalized spacial score (nSPS) is 11.1. The highest BCUT2D eigenvalue weighted by atomic mass is 19.2. The number of carbonyl (C=O) groups is 1. The van der Waals surface area contributed by atoms with Gasteiger partial charge in [0.25, 0.3) is 0 Å². The first-order valence-corrected chi connectivity index (χ1v) is 9.35. The van der Waals surface area contributed by atoms with Crippen molar-refractivity contribution in [3.63, 3.8) is 0 Å². The van der Waals surface area contributed by atoms with Crippen molar-refractivity contribution in [2.24, 2.45) is 0 Å². The van der Waals surface area contributed by atoms with E-state index in [0.29, 0.717) is 16.8 Å². The lowest BCUT2D eigenvalue weighted by atomic mass is 10.1. The molecular formula is C24H16F3N3O. The van der Waals surface area contributed by atoms with E-state index in [4.69, 9.17) is 0 Å². The number of anilines is 1. The number of hydrogen-bond donors (Lipinski definition) is 1. The summed E-state index contributed by atoms with van der Waals surface area (Å²) in [7, 11) is 0. The average molecular weight is 419 g/mol. The lowest BCUT2D eigenvalue weighted by molar-refractivity contribution is -0.111. The molecule has 1 heterocycles. The number of nitrogens with one attached hydrogen (secondary N) is 1. The van der Waals surface area contributed by atoms with Gasteiger partial charge in [0.05, 0.1) is 11.4 Å². The van der Waals surface area contributed by atoms with E-state index < -0.39 is 17.5 Å². The minimum absolute atomic E-state index is 0.132. The third-order valence-corrected chi connectivity index (χ3v) is 4.48. The number of nitrogens with zero attached hydrogens (tertiary/aromatic N) is 2. The minimum atomic E-state index is -1.05. The van der Waals surface area contributed by atoms with Gasteiger partial charge in [-0.1, -0.05) is 18.2 Å². The fourth-order valence-corrected chi connectivity index (χ4v) is 2.98. The van der Waals surface area contributed by atoms with Crippen molar-refractivity contribution in [2.75, 3.05) is 5.32 Å².